The SMILES string of the molecule is CC(CC(C)C(=O)NC(C)(C)CC(C)(C)C(C)(C)COC1(C)CC(NC(=O)OC(C)C)CC1(C)C)CN1C(=O)C=C(C(C)N)C1=O. The van der Waals surface area contributed by atoms with Crippen molar-refractivity contribution in [3.63, 3.8) is 0 Å². The van der Waals surface area contributed by atoms with Gasteiger partial charge in [0.15, 0.2) is 0 Å². The van der Waals surface area contributed by atoms with Gasteiger partial charge in [-0.2, -0.15) is 0 Å². The highest BCUT2D eigenvalue weighted by molar-refractivity contribution is 6.16. The van der Waals surface area contributed by atoms with Crippen LogP contribution in [0.2, 0.25) is 0 Å². The summed E-state index contributed by atoms with van der Waals surface area (Å²) in [6.45, 7) is 29.5. The molecule has 0 radical (unpaired) electrons. The Kier molecular flexibility index (Phi) is 12.4. The molecule has 1 aliphatic carbocycles. The van der Waals surface area contributed by atoms with Crippen molar-refractivity contribution in [1.29, 1.82) is 0 Å². The summed E-state index contributed by atoms with van der Waals surface area (Å²) in [5.41, 5.74) is 4.64. The van der Waals surface area contributed by atoms with Crippen LogP contribution in [0.25, 0.3) is 0 Å². The van der Waals surface area contributed by atoms with Gasteiger partial charge >= 0.3 is 6.09 Å². The maximum Gasteiger partial charge on any atom is 0.407 e. The highest BCUT2D eigenvalue weighted by Gasteiger charge is 2.53. The summed E-state index contributed by atoms with van der Waals surface area (Å²) in [4.78, 5) is 51.9. The van der Waals surface area contributed by atoms with E-state index in [0.29, 0.717) is 25.0 Å². The predicted octanol–water partition coefficient (Wildman–Crippen LogP) is 5.73. The van der Waals surface area contributed by atoms with Crippen LogP contribution in [-0.2, 0) is 23.9 Å². The van der Waals surface area contributed by atoms with E-state index in [1.165, 1.54) is 11.0 Å². The predicted molar refractivity (Wildman–Crippen MR) is 182 cm³/mol. The van der Waals surface area contributed by atoms with Gasteiger partial charge in [-0.1, -0.05) is 55.4 Å². The Balaban J connectivity index is 1.97. The van der Waals surface area contributed by atoms with E-state index in [9.17, 15) is 19.2 Å². The van der Waals surface area contributed by atoms with Crippen molar-refractivity contribution in [3.8, 4) is 0 Å². The number of hydrogen-bond donors (Lipinski definition) is 3. The molecule has 0 saturated heterocycles. The number of carbonyl (C=O) groups is 4. The van der Waals surface area contributed by atoms with Crippen molar-refractivity contribution in [2.45, 2.75) is 152 Å². The minimum Gasteiger partial charge on any atom is -0.447 e. The first-order chi connectivity index (χ1) is 20.7. The van der Waals surface area contributed by atoms with E-state index >= 15 is 0 Å². The average Bonchev–Trinajstić information content (AvgIpc) is 3.26. The molecule has 46 heavy (non-hydrogen) atoms. The fourth-order valence-electron chi connectivity index (χ4n) is 6.93. The number of nitrogens with two attached hydrogens (primary N) is 1. The number of amides is 4. The van der Waals surface area contributed by atoms with E-state index < -0.39 is 17.2 Å². The number of imide groups is 1. The van der Waals surface area contributed by atoms with Gasteiger partial charge in [0.1, 0.15) is 0 Å². The average molecular weight is 649 g/mol. The van der Waals surface area contributed by atoms with Crippen LogP contribution in [0.1, 0.15) is 123 Å². The molecule has 1 aliphatic heterocycles. The van der Waals surface area contributed by atoms with E-state index in [-0.39, 0.29) is 70.6 Å². The van der Waals surface area contributed by atoms with Crippen molar-refractivity contribution in [1.82, 2.24) is 15.5 Å². The van der Waals surface area contributed by atoms with Gasteiger partial charge in [0.05, 0.1) is 18.3 Å². The Morgan fingerprint density at radius 2 is 1.59 bits per heavy atom. The molecule has 4 N–H and O–H groups in total. The largest absolute Gasteiger partial charge is 0.447 e. The molecule has 2 rings (SSSR count). The molecule has 5 unspecified atom stereocenters. The third-order valence-corrected chi connectivity index (χ3v) is 10.6. The first-order valence-electron chi connectivity index (χ1n) is 17.0. The molecule has 1 heterocycles. The second kappa shape index (κ2) is 14.3. The first-order valence-corrected chi connectivity index (χ1v) is 17.0. The second-order valence-corrected chi connectivity index (χ2v) is 17.3. The highest BCUT2D eigenvalue weighted by Crippen LogP contribution is 2.51. The van der Waals surface area contributed by atoms with Crippen LogP contribution in [-0.4, -0.2) is 71.2 Å². The molecule has 5 atom stereocenters. The second-order valence-electron chi connectivity index (χ2n) is 17.3. The van der Waals surface area contributed by atoms with Crippen LogP contribution in [0.15, 0.2) is 11.6 Å². The lowest BCUT2D eigenvalue weighted by Gasteiger charge is -2.48. The van der Waals surface area contributed by atoms with Crippen LogP contribution >= 0.6 is 0 Å². The number of alkyl carbamates (subject to hydrolysis) is 1. The quantitative estimate of drug-likeness (QED) is 0.193. The zero-order valence-electron chi connectivity index (χ0n) is 31.2. The van der Waals surface area contributed by atoms with Crippen molar-refractivity contribution in [3.05, 3.63) is 11.6 Å². The molecule has 0 aromatic heterocycles. The third-order valence-electron chi connectivity index (χ3n) is 10.6. The molecule has 2 aliphatic rings. The number of hydrogen-bond acceptors (Lipinski definition) is 7. The summed E-state index contributed by atoms with van der Waals surface area (Å²) >= 11 is 0. The molecule has 0 bridgehead atoms. The molecule has 0 aromatic rings. The minimum atomic E-state index is -0.501. The Morgan fingerprint density at radius 1 is 1.00 bits per heavy atom. The minimum absolute atomic E-state index is 0.0265. The number of ether oxygens (including phenoxy) is 2. The van der Waals surface area contributed by atoms with Crippen LogP contribution in [0.4, 0.5) is 4.79 Å². The molecule has 264 valence electrons. The van der Waals surface area contributed by atoms with Gasteiger partial charge in [-0.25, -0.2) is 4.79 Å². The fraction of sp³-hybridized carbons (Fsp3) is 0.833. The van der Waals surface area contributed by atoms with Gasteiger partial charge < -0.3 is 25.8 Å². The van der Waals surface area contributed by atoms with Crippen molar-refractivity contribution in [2.24, 2.45) is 33.8 Å². The maximum absolute atomic E-state index is 13.4. The Hall–Kier alpha value is -2.46. The van der Waals surface area contributed by atoms with Crippen LogP contribution < -0.4 is 16.4 Å². The van der Waals surface area contributed by atoms with Crippen molar-refractivity contribution < 1.29 is 28.7 Å². The molecule has 10 nitrogen and oxygen atoms in total. The Morgan fingerprint density at radius 3 is 2.11 bits per heavy atom. The van der Waals surface area contributed by atoms with Crippen molar-refractivity contribution in [2.75, 3.05) is 13.2 Å². The summed E-state index contributed by atoms with van der Waals surface area (Å²) in [6, 6.07) is -0.528. The first kappa shape index (κ1) is 39.7. The van der Waals surface area contributed by atoms with Gasteiger partial charge in [0, 0.05) is 41.7 Å². The lowest BCUT2D eigenvalue weighted by atomic mass is 9.63. The van der Waals surface area contributed by atoms with E-state index in [4.69, 9.17) is 15.2 Å². The van der Waals surface area contributed by atoms with E-state index in [0.717, 1.165) is 12.8 Å². The molecule has 0 aromatic carbocycles. The smallest absolute Gasteiger partial charge is 0.407 e. The lowest BCUT2D eigenvalue weighted by molar-refractivity contribution is -0.139. The van der Waals surface area contributed by atoms with Crippen LogP contribution in [0.5, 0.6) is 0 Å². The molecule has 4 amide bonds. The van der Waals surface area contributed by atoms with Crippen molar-refractivity contribution >= 4 is 23.8 Å². The van der Waals surface area contributed by atoms with Gasteiger partial charge in [-0.05, 0) is 89.4 Å². The van der Waals surface area contributed by atoms with Crippen LogP contribution in [0.3, 0.4) is 0 Å². The highest BCUT2D eigenvalue weighted by atomic mass is 16.6. The number of rotatable bonds is 15. The lowest BCUT2D eigenvalue weighted by Crippen LogP contribution is -2.52. The topological polar surface area (TPSA) is 140 Å². The van der Waals surface area contributed by atoms with Gasteiger partial charge in [-0.15, -0.1) is 0 Å². The molecule has 1 fully saturated rings. The molecular formula is C36H64N4O6. The zero-order valence-corrected chi connectivity index (χ0v) is 31.2. The van der Waals surface area contributed by atoms with Gasteiger partial charge in [-0.3, -0.25) is 19.3 Å². The van der Waals surface area contributed by atoms with E-state index in [1.807, 2.05) is 27.7 Å². The molecule has 0 spiro atoms. The third kappa shape index (κ3) is 9.78. The summed E-state index contributed by atoms with van der Waals surface area (Å²) in [6.07, 6.45) is 3.51. The standard InChI is InChI=1S/C36H64N4O6/c1-22(2)46-31(44)38-26-17-32(6,7)36(14,18-26)45-21-34(10,11)33(8,9)20-35(12,13)39-29(42)24(4)15-23(3)19-40-28(41)16-27(25(5)37)30(40)43/h16,22-26H,15,17-21,37H2,1-14H3,(H,38,44)(H,39,42). The zero-order chi connectivity index (χ0) is 35.6. The van der Waals surface area contributed by atoms with E-state index in [2.05, 4.69) is 72.9 Å². The Labute approximate surface area is 278 Å². The molecule has 1 saturated carbocycles. The van der Waals surface area contributed by atoms with Gasteiger partial charge in [0.25, 0.3) is 11.8 Å². The molecule has 10 heteroatoms. The summed E-state index contributed by atoms with van der Waals surface area (Å²) in [7, 11) is 0. The molecular weight excluding hydrogens is 584 g/mol. The maximum atomic E-state index is 13.4. The summed E-state index contributed by atoms with van der Waals surface area (Å²) < 4.78 is 12.1. The summed E-state index contributed by atoms with van der Waals surface area (Å²) in [5, 5.41) is 6.30. The number of carbonyl (C=O) groups excluding carboxylic acids is 4. The number of nitrogens with one attached hydrogen (secondary N) is 2. The summed E-state index contributed by atoms with van der Waals surface area (Å²) in [5.74, 6) is -1.09. The van der Waals surface area contributed by atoms with Gasteiger partial charge in [0.2, 0.25) is 5.91 Å². The van der Waals surface area contributed by atoms with E-state index in [1.54, 1.807) is 6.92 Å². The Bertz CT molecular complexity index is 1170. The van der Waals surface area contributed by atoms with Crippen LogP contribution in [0, 0.1) is 28.1 Å². The monoisotopic (exact) mass is 648 g/mol. The number of nitrogens with zero attached hydrogens (tertiary/aromatic N) is 1. The normalized spacial score (nSPS) is 24.1. The fourth-order valence-corrected chi connectivity index (χ4v) is 6.93.